The predicted octanol–water partition coefficient (Wildman–Crippen LogP) is 7.86. The second-order valence-corrected chi connectivity index (χ2v) is 15.7. The molecule has 2 saturated heterocycles. The van der Waals surface area contributed by atoms with Crippen molar-refractivity contribution in [3.8, 4) is 11.1 Å². The summed E-state index contributed by atoms with van der Waals surface area (Å²) in [6.07, 6.45) is 6.37. The standard InChI is InChI=1S/C42H49N3O4/c1-28-37(24-45-27-42(4)21-36(45)20-41(2,3)26-42)48-40(49-38(28)32-12-10-29(25-46)11-13-32)33-16-14-31(15-17-33)34-8-5-7-30(19-34)22-44-39(47)35-9-6-18-43-23-35/h5-19,23,28,36-38,40,46H,20-22,24-27H2,1-4H3,(H,44,47)/t28-,36?,37+,38+,40+,42?/m0/s1. The third-order valence-corrected chi connectivity index (χ3v) is 10.9. The highest BCUT2D eigenvalue weighted by molar-refractivity contribution is 5.93. The van der Waals surface area contributed by atoms with Crippen molar-refractivity contribution in [3.05, 3.63) is 125 Å². The molecule has 3 aliphatic rings. The summed E-state index contributed by atoms with van der Waals surface area (Å²) >= 11 is 0. The van der Waals surface area contributed by atoms with Gasteiger partial charge >= 0.3 is 0 Å². The lowest BCUT2D eigenvalue weighted by atomic mass is 9.65. The minimum absolute atomic E-state index is 0.00515. The summed E-state index contributed by atoms with van der Waals surface area (Å²) in [4.78, 5) is 19.3. The first-order valence-corrected chi connectivity index (χ1v) is 17.7. The Bertz CT molecular complexity index is 1740. The number of aromatic nitrogens is 1. The molecule has 1 aromatic heterocycles. The number of hydrogen-bond acceptors (Lipinski definition) is 6. The van der Waals surface area contributed by atoms with Gasteiger partial charge in [-0.3, -0.25) is 14.7 Å². The summed E-state index contributed by atoms with van der Waals surface area (Å²) in [6.45, 7) is 12.1. The van der Waals surface area contributed by atoms with E-state index in [0.29, 0.717) is 29.0 Å². The van der Waals surface area contributed by atoms with Crippen LogP contribution in [0.25, 0.3) is 11.1 Å². The topological polar surface area (TPSA) is 83.9 Å². The van der Waals surface area contributed by atoms with Gasteiger partial charge in [-0.05, 0) is 76.1 Å². The van der Waals surface area contributed by atoms with Crippen LogP contribution in [0.5, 0.6) is 0 Å². The van der Waals surface area contributed by atoms with Crippen molar-refractivity contribution in [1.82, 2.24) is 15.2 Å². The Morgan fingerprint density at radius 2 is 1.69 bits per heavy atom. The minimum atomic E-state index is -0.499. The summed E-state index contributed by atoms with van der Waals surface area (Å²) in [5.41, 5.74) is 7.45. The number of ether oxygens (including phenoxy) is 2. The quantitative estimate of drug-likeness (QED) is 0.190. The number of aliphatic hydroxyl groups is 1. The molecule has 1 saturated carbocycles. The molecule has 2 bridgehead atoms. The fraction of sp³-hybridized carbons (Fsp3) is 0.429. The molecule has 3 fully saturated rings. The van der Waals surface area contributed by atoms with Crippen LogP contribution in [0.4, 0.5) is 0 Å². The molecule has 7 heteroatoms. The van der Waals surface area contributed by atoms with Crippen LogP contribution in [0.2, 0.25) is 0 Å². The summed E-state index contributed by atoms with van der Waals surface area (Å²) in [5.74, 6) is 0.00888. The second-order valence-electron chi connectivity index (χ2n) is 15.7. The smallest absolute Gasteiger partial charge is 0.253 e. The number of rotatable bonds is 9. The molecule has 49 heavy (non-hydrogen) atoms. The van der Waals surface area contributed by atoms with Crippen LogP contribution in [0, 0.1) is 16.7 Å². The van der Waals surface area contributed by atoms with E-state index in [9.17, 15) is 9.90 Å². The van der Waals surface area contributed by atoms with Crippen molar-refractivity contribution in [2.75, 3.05) is 13.1 Å². The number of fused-ring (bicyclic) bond motifs is 2. The number of benzene rings is 3. The fourth-order valence-corrected chi connectivity index (χ4v) is 8.82. The molecule has 2 unspecified atom stereocenters. The first-order valence-electron chi connectivity index (χ1n) is 17.7. The zero-order valence-electron chi connectivity index (χ0n) is 29.1. The number of likely N-dealkylation sites (tertiary alicyclic amines) is 1. The molecule has 2 aliphatic heterocycles. The van der Waals surface area contributed by atoms with Crippen LogP contribution in [-0.4, -0.2) is 46.1 Å². The SMILES string of the molecule is C[C@H]1[C@@H](CN2CC3(C)CC2CC(C)(C)C3)O[C@@H](c2ccc(-c3cccc(CNC(=O)c4cccnc4)c3)cc2)O[C@H]1c1ccc(CO)cc1. The van der Waals surface area contributed by atoms with E-state index in [1.165, 1.54) is 19.3 Å². The third kappa shape index (κ3) is 7.51. The Kier molecular flexibility index (Phi) is 9.46. The van der Waals surface area contributed by atoms with Gasteiger partial charge in [0.25, 0.3) is 5.91 Å². The molecule has 1 aliphatic carbocycles. The molecule has 0 spiro atoms. The number of nitrogens with zero attached hydrogens (tertiary/aromatic N) is 2. The van der Waals surface area contributed by atoms with E-state index >= 15 is 0 Å². The Labute approximate surface area is 290 Å². The van der Waals surface area contributed by atoms with Crippen LogP contribution >= 0.6 is 0 Å². The number of amides is 1. The molecule has 7 rings (SSSR count). The second kappa shape index (κ2) is 13.8. The molecule has 2 N–H and O–H groups in total. The van der Waals surface area contributed by atoms with Crippen LogP contribution in [0.15, 0.2) is 97.3 Å². The van der Waals surface area contributed by atoms with Crippen molar-refractivity contribution >= 4 is 5.91 Å². The van der Waals surface area contributed by atoms with Gasteiger partial charge < -0.3 is 19.9 Å². The zero-order chi connectivity index (χ0) is 34.2. The number of carbonyl (C=O) groups excluding carboxylic acids is 1. The van der Waals surface area contributed by atoms with Crippen molar-refractivity contribution in [2.24, 2.45) is 16.7 Å². The van der Waals surface area contributed by atoms with Crippen LogP contribution < -0.4 is 5.32 Å². The summed E-state index contributed by atoms with van der Waals surface area (Å²) in [6, 6.07) is 29.0. The third-order valence-electron chi connectivity index (χ3n) is 10.9. The number of aliphatic hydroxyl groups excluding tert-OH is 1. The van der Waals surface area contributed by atoms with E-state index in [4.69, 9.17) is 9.47 Å². The van der Waals surface area contributed by atoms with Gasteiger partial charge in [-0.15, -0.1) is 0 Å². The normalized spacial score (nSPS) is 27.9. The summed E-state index contributed by atoms with van der Waals surface area (Å²) in [5, 5.41) is 12.6. The van der Waals surface area contributed by atoms with Gasteiger partial charge in [-0.25, -0.2) is 0 Å². The first kappa shape index (κ1) is 33.6. The number of hydrogen-bond donors (Lipinski definition) is 2. The lowest BCUT2D eigenvalue weighted by molar-refractivity contribution is -0.276. The van der Waals surface area contributed by atoms with Crippen LogP contribution in [0.1, 0.15) is 92.0 Å². The van der Waals surface area contributed by atoms with Crippen molar-refractivity contribution in [3.63, 3.8) is 0 Å². The van der Waals surface area contributed by atoms with Gasteiger partial charge in [0, 0.05) is 49.6 Å². The summed E-state index contributed by atoms with van der Waals surface area (Å²) in [7, 11) is 0. The van der Waals surface area contributed by atoms with Gasteiger partial charge in [-0.2, -0.15) is 0 Å². The van der Waals surface area contributed by atoms with E-state index in [-0.39, 0.29) is 30.6 Å². The van der Waals surface area contributed by atoms with Gasteiger partial charge in [0.2, 0.25) is 0 Å². The van der Waals surface area contributed by atoms with Crippen molar-refractivity contribution in [2.45, 2.75) is 84.6 Å². The molecule has 0 radical (unpaired) electrons. The lowest BCUT2D eigenvalue weighted by Crippen LogP contribution is -2.46. The Balaban J connectivity index is 1.09. The Morgan fingerprint density at radius 3 is 2.43 bits per heavy atom. The van der Waals surface area contributed by atoms with E-state index in [1.807, 2.05) is 24.3 Å². The highest BCUT2D eigenvalue weighted by Crippen LogP contribution is 2.53. The molecular formula is C42H49N3O4. The number of carbonyl (C=O) groups is 1. The molecule has 4 aromatic rings. The molecule has 1 amide bonds. The van der Waals surface area contributed by atoms with Crippen molar-refractivity contribution in [1.29, 1.82) is 0 Å². The van der Waals surface area contributed by atoms with Gasteiger partial charge in [0.1, 0.15) is 0 Å². The minimum Gasteiger partial charge on any atom is -0.392 e. The molecule has 6 atom stereocenters. The van der Waals surface area contributed by atoms with E-state index in [1.54, 1.807) is 24.5 Å². The molecule has 256 valence electrons. The maximum Gasteiger partial charge on any atom is 0.253 e. The monoisotopic (exact) mass is 659 g/mol. The molecular weight excluding hydrogens is 610 g/mol. The van der Waals surface area contributed by atoms with Crippen LogP contribution in [-0.2, 0) is 22.6 Å². The van der Waals surface area contributed by atoms with Crippen LogP contribution in [0.3, 0.4) is 0 Å². The Morgan fingerprint density at radius 1 is 0.918 bits per heavy atom. The largest absolute Gasteiger partial charge is 0.392 e. The Hall–Kier alpha value is -3.88. The highest BCUT2D eigenvalue weighted by Gasteiger charge is 2.51. The average Bonchev–Trinajstić information content (AvgIpc) is 3.35. The zero-order valence-corrected chi connectivity index (χ0v) is 29.1. The van der Waals surface area contributed by atoms with Gasteiger partial charge in [0.15, 0.2) is 6.29 Å². The van der Waals surface area contributed by atoms with E-state index < -0.39 is 6.29 Å². The fourth-order valence-electron chi connectivity index (χ4n) is 8.82. The number of nitrogens with one attached hydrogen (secondary N) is 1. The predicted molar refractivity (Wildman–Crippen MR) is 191 cm³/mol. The molecule has 7 nitrogen and oxygen atoms in total. The summed E-state index contributed by atoms with van der Waals surface area (Å²) < 4.78 is 13.7. The van der Waals surface area contributed by atoms with Crippen molar-refractivity contribution < 1.29 is 19.4 Å². The molecule has 3 heterocycles. The average molecular weight is 660 g/mol. The lowest BCUT2D eigenvalue weighted by Gasteiger charge is -2.43. The molecule has 3 aromatic carbocycles. The highest BCUT2D eigenvalue weighted by atomic mass is 16.7. The maximum absolute atomic E-state index is 12.5. The maximum atomic E-state index is 12.5. The van der Waals surface area contributed by atoms with Gasteiger partial charge in [-0.1, -0.05) is 94.4 Å². The first-order chi connectivity index (χ1) is 23.6. The number of pyridine rings is 1. The van der Waals surface area contributed by atoms with E-state index in [2.05, 4.69) is 91.4 Å². The van der Waals surface area contributed by atoms with Gasteiger partial charge in [0.05, 0.1) is 24.4 Å². The van der Waals surface area contributed by atoms with E-state index in [0.717, 1.165) is 46.5 Å².